The normalized spacial score (nSPS) is 16.6. The van der Waals surface area contributed by atoms with E-state index in [0.29, 0.717) is 18.1 Å². The summed E-state index contributed by atoms with van der Waals surface area (Å²) in [7, 11) is 3.27. The van der Waals surface area contributed by atoms with Crippen molar-refractivity contribution in [3.8, 4) is 17.2 Å². The number of fused-ring (bicyclic) bond motifs is 1. The van der Waals surface area contributed by atoms with Crippen molar-refractivity contribution in [1.82, 2.24) is 5.32 Å². The Morgan fingerprint density at radius 2 is 1.78 bits per heavy atom. The van der Waals surface area contributed by atoms with Gasteiger partial charge < -0.3 is 19.5 Å². The molecule has 1 heterocycles. The van der Waals surface area contributed by atoms with Crippen LogP contribution >= 0.6 is 0 Å². The van der Waals surface area contributed by atoms with E-state index in [9.17, 15) is 4.39 Å². The molecule has 0 fully saturated rings. The van der Waals surface area contributed by atoms with Crippen LogP contribution in [0.1, 0.15) is 17.2 Å². The zero-order valence-corrected chi connectivity index (χ0v) is 13.3. The molecule has 0 bridgehead atoms. The number of halogens is 1. The number of nitrogens with one attached hydrogen (secondary N) is 1. The van der Waals surface area contributed by atoms with Gasteiger partial charge in [0.2, 0.25) is 0 Å². The Balaban J connectivity index is 1.79. The van der Waals surface area contributed by atoms with Gasteiger partial charge >= 0.3 is 0 Å². The maximum atomic E-state index is 12.9. The van der Waals surface area contributed by atoms with Crippen molar-refractivity contribution in [2.45, 2.75) is 12.5 Å². The van der Waals surface area contributed by atoms with Crippen LogP contribution in [0.4, 0.5) is 4.39 Å². The average molecular weight is 317 g/mol. The molecule has 0 saturated carbocycles. The van der Waals surface area contributed by atoms with Crippen LogP contribution in [0, 0.1) is 5.82 Å². The summed E-state index contributed by atoms with van der Waals surface area (Å²) in [6.45, 7) is 1.34. The van der Waals surface area contributed by atoms with E-state index in [4.69, 9.17) is 14.2 Å². The molecule has 1 N–H and O–H groups in total. The third-order valence-electron chi connectivity index (χ3n) is 4.04. The zero-order chi connectivity index (χ0) is 16.2. The standard InChI is InChI=1S/C18H20FNO3/c1-21-17-9-12-7-8-20-16(15(12)10-18(17)22-2)11-23-14-5-3-13(19)4-6-14/h3-6,9-10,16,20H,7-8,11H2,1-2H3/t16-/m1/s1. The first-order valence-electron chi connectivity index (χ1n) is 7.58. The average Bonchev–Trinajstić information content (AvgIpc) is 2.60. The Bertz CT molecular complexity index is 673. The first-order chi connectivity index (χ1) is 11.2. The van der Waals surface area contributed by atoms with Gasteiger partial charge in [0.1, 0.15) is 18.2 Å². The molecular formula is C18H20FNO3. The molecule has 3 rings (SSSR count). The van der Waals surface area contributed by atoms with Gasteiger partial charge in [0.15, 0.2) is 11.5 Å². The van der Waals surface area contributed by atoms with Gasteiger partial charge in [-0.2, -0.15) is 0 Å². The Morgan fingerprint density at radius 1 is 1.09 bits per heavy atom. The van der Waals surface area contributed by atoms with Crippen molar-refractivity contribution in [2.75, 3.05) is 27.4 Å². The maximum absolute atomic E-state index is 12.9. The second kappa shape index (κ2) is 6.87. The first-order valence-corrected chi connectivity index (χ1v) is 7.58. The minimum atomic E-state index is -0.268. The van der Waals surface area contributed by atoms with Gasteiger partial charge in [-0.3, -0.25) is 0 Å². The summed E-state index contributed by atoms with van der Waals surface area (Å²) >= 11 is 0. The fourth-order valence-corrected chi connectivity index (χ4v) is 2.83. The second-order valence-corrected chi connectivity index (χ2v) is 5.43. The number of rotatable bonds is 5. The lowest BCUT2D eigenvalue weighted by Gasteiger charge is -2.28. The van der Waals surface area contributed by atoms with Crippen LogP contribution in [0.5, 0.6) is 17.2 Å². The maximum Gasteiger partial charge on any atom is 0.161 e. The SMILES string of the molecule is COc1cc2c(cc1OC)[C@@H](COc1ccc(F)cc1)NCC2. The van der Waals surface area contributed by atoms with Crippen molar-refractivity contribution < 1.29 is 18.6 Å². The number of ether oxygens (including phenoxy) is 3. The van der Waals surface area contributed by atoms with Crippen molar-refractivity contribution >= 4 is 0 Å². The Labute approximate surface area is 135 Å². The van der Waals surface area contributed by atoms with Crippen molar-refractivity contribution in [3.63, 3.8) is 0 Å². The van der Waals surface area contributed by atoms with E-state index >= 15 is 0 Å². The highest BCUT2D eigenvalue weighted by Gasteiger charge is 2.23. The predicted octanol–water partition coefficient (Wildman–Crippen LogP) is 3.11. The molecule has 0 spiro atoms. The molecule has 0 aliphatic carbocycles. The zero-order valence-electron chi connectivity index (χ0n) is 13.3. The van der Waals surface area contributed by atoms with E-state index in [1.165, 1.54) is 17.7 Å². The van der Waals surface area contributed by atoms with Crippen LogP contribution < -0.4 is 19.5 Å². The topological polar surface area (TPSA) is 39.7 Å². The molecule has 1 aliphatic rings. The first kappa shape index (κ1) is 15.6. The van der Waals surface area contributed by atoms with Crippen LogP contribution in [-0.4, -0.2) is 27.4 Å². The van der Waals surface area contributed by atoms with Crippen molar-refractivity contribution in [3.05, 3.63) is 53.3 Å². The Hall–Kier alpha value is -2.27. The van der Waals surface area contributed by atoms with E-state index in [-0.39, 0.29) is 11.9 Å². The van der Waals surface area contributed by atoms with Gasteiger partial charge in [-0.05, 0) is 60.5 Å². The minimum Gasteiger partial charge on any atom is -0.493 e. The van der Waals surface area contributed by atoms with Gasteiger partial charge in [0.05, 0.1) is 20.3 Å². The third kappa shape index (κ3) is 3.40. The Morgan fingerprint density at radius 3 is 2.48 bits per heavy atom. The summed E-state index contributed by atoms with van der Waals surface area (Å²) in [5, 5.41) is 3.45. The van der Waals surface area contributed by atoms with Crippen LogP contribution in [0.3, 0.4) is 0 Å². The summed E-state index contributed by atoms with van der Waals surface area (Å²) in [4.78, 5) is 0. The highest BCUT2D eigenvalue weighted by Crippen LogP contribution is 2.35. The molecule has 2 aromatic carbocycles. The summed E-state index contributed by atoms with van der Waals surface area (Å²) in [6.07, 6.45) is 0.933. The smallest absolute Gasteiger partial charge is 0.161 e. The molecule has 0 radical (unpaired) electrons. The van der Waals surface area contributed by atoms with Gasteiger partial charge in [-0.15, -0.1) is 0 Å². The quantitative estimate of drug-likeness (QED) is 0.920. The van der Waals surface area contributed by atoms with E-state index in [0.717, 1.165) is 24.3 Å². The largest absolute Gasteiger partial charge is 0.493 e. The molecule has 0 unspecified atom stereocenters. The fraction of sp³-hybridized carbons (Fsp3) is 0.333. The fourth-order valence-electron chi connectivity index (χ4n) is 2.83. The van der Waals surface area contributed by atoms with Crippen molar-refractivity contribution in [1.29, 1.82) is 0 Å². The molecule has 4 nitrogen and oxygen atoms in total. The summed E-state index contributed by atoms with van der Waals surface area (Å²) in [6, 6.07) is 10.1. The molecule has 1 atom stereocenters. The molecule has 0 saturated heterocycles. The van der Waals surface area contributed by atoms with Crippen LogP contribution in [0.25, 0.3) is 0 Å². The summed E-state index contributed by atoms with van der Waals surface area (Å²) in [5.41, 5.74) is 2.38. The van der Waals surface area contributed by atoms with Gasteiger partial charge in [-0.25, -0.2) is 4.39 Å². The summed E-state index contributed by atoms with van der Waals surface area (Å²) < 4.78 is 29.5. The minimum absolute atomic E-state index is 0.0589. The third-order valence-corrected chi connectivity index (χ3v) is 4.04. The molecule has 2 aromatic rings. The van der Waals surface area contributed by atoms with E-state index in [1.54, 1.807) is 26.4 Å². The van der Waals surface area contributed by atoms with Gasteiger partial charge in [-0.1, -0.05) is 0 Å². The number of hydrogen-bond donors (Lipinski definition) is 1. The van der Waals surface area contributed by atoms with Crippen LogP contribution in [-0.2, 0) is 6.42 Å². The number of hydrogen-bond acceptors (Lipinski definition) is 4. The van der Waals surface area contributed by atoms with Gasteiger partial charge in [0, 0.05) is 0 Å². The predicted molar refractivity (Wildman–Crippen MR) is 85.9 cm³/mol. The number of methoxy groups -OCH3 is 2. The molecule has 1 aliphatic heterocycles. The lowest BCUT2D eigenvalue weighted by molar-refractivity contribution is 0.260. The number of benzene rings is 2. The monoisotopic (exact) mass is 317 g/mol. The highest BCUT2D eigenvalue weighted by atomic mass is 19.1. The molecule has 0 amide bonds. The van der Waals surface area contributed by atoms with E-state index in [2.05, 4.69) is 5.32 Å². The van der Waals surface area contributed by atoms with E-state index in [1.807, 2.05) is 12.1 Å². The summed E-state index contributed by atoms with van der Waals surface area (Å²) in [5.74, 6) is 1.84. The molecule has 5 heteroatoms. The molecule has 23 heavy (non-hydrogen) atoms. The lowest BCUT2D eigenvalue weighted by atomic mass is 9.94. The van der Waals surface area contributed by atoms with Gasteiger partial charge in [0.25, 0.3) is 0 Å². The van der Waals surface area contributed by atoms with Crippen LogP contribution in [0.15, 0.2) is 36.4 Å². The molecule has 122 valence electrons. The molecular weight excluding hydrogens is 297 g/mol. The van der Waals surface area contributed by atoms with Crippen molar-refractivity contribution in [2.24, 2.45) is 0 Å². The lowest BCUT2D eigenvalue weighted by Crippen LogP contribution is -2.33. The second-order valence-electron chi connectivity index (χ2n) is 5.43. The molecule has 0 aromatic heterocycles. The van der Waals surface area contributed by atoms with E-state index < -0.39 is 0 Å². The Kier molecular flexibility index (Phi) is 4.67. The van der Waals surface area contributed by atoms with Crippen LogP contribution in [0.2, 0.25) is 0 Å². The highest BCUT2D eigenvalue weighted by molar-refractivity contribution is 5.49.